The predicted octanol–water partition coefficient (Wildman–Crippen LogP) is 3.53. The minimum atomic E-state index is 0.101. The molecule has 0 spiro atoms. The third-order valence-corrected chi connectivity index (χ3v) is 3.57. The van der Waals surface area contributed by atoms with E-state index >= 15 is 0 Å². The molecule has 15 heavy (non-hydrogen) atoms. The summed E-state index contributed by atoms with van der Waals surface area (Å²) in [7, 11) is 0. The number of hydrogen-bond acceptors (Lipinski definition) is 1. The molecule has 1 aliphatic heterocycles. The van der Waals surface area contributed by atoms with Crippen molar-refractivity contribution in [2.45, 2.75) is 12.8 Å². The van der Waals surface area contributed by atoms with Crippen LogP contribution in [0.2, 0.25) is 10.0 Å². The number of aryl methyl sites for hydroxylation is 1. The van der Waals surface area contributed by atoms with Gasteiger partial charge in [0.2, 0.25) is 5.91 Å². The van der Waals surface area contributed by atoms with E-state index in [0.717, 1.165) is 23.0 Å². The Morgan fingerprint density at radius 3 is 2.80 bits per heavy atom. The second kappa shape index (κ2) is 3.00. The van der Waals surface area contributed by atoms with E-state index in [1.165, 1.54) is 0 Å². The van der Waals surface area contributed by atoms with Crippen LogP contribution in [0.25, 0.3) is 10.9 Å². The topological polar surface area (TPSA) is 22.0 Å². The Hall–Kier alpha value is -0.990. The molecule has 0 aliphatic carbocycles. The highest BCUT2D eigenvalue weighted by atomic mass is 35.5. The molecule has 0 N–H and O–H groups in total. The normalized spacial score (nSPS) is 14.9. The fourth-order valence-corrected chi connectivity index (χ4v) is 2.51. The van der Waals surface area contributed by atoms with Crippen LogP contribution in [0.5, 0.6) is 0 Å². The standard InChI is InChI=1S/C11H7Cl2NO/c12-8-3-1-6-5-7-2-4-9(15)14(7)11(6)10(8)13/h1,3,5H,2,4H2. The molecule has 2 aromatic rings. The number of hydrogen-bond donors (Lipinski definition) is 0. The van der Waals surface area contributed by atoms with Gasteiger partial charge in [0.25, 0.3) is 0 Å². The van der Waals surface area contributed by atoms with Gasteiger partial charge >= 0.3 is 0 Å². The first kappa shape index (κ1) is 9.25. The lowest BCUT2D eigenvalue weighted by Gasteiger charge is -2.02. The molecule has 2 nitrogen and oxygen atoms in total. The summed E-state index contributed by atoms with van der Waals surface area (Å²) in [5, 5.41) is 1.94. The molecule has 0 saturated carbocycles. The molecule has 0 saturated heterocycles. The summed E-state index contributed by atoms with van der Waals surface area (Å²) in [5.74, 6) is 0.101. The molecule has 1 aromatic heterocycles. The zero-order valence-corrected chi connectivity index (χ0v) is 9.27. The number of nitrogens with zero attached hydrogens (tertiary/aromatic N) is 1. The Morgan fingerprint density at radius 2 is 2.00 bits per heavy atom. The number of benzene rings is 1. The van der Waals surface area contributed by atoms with Crippen LogP contribution in [0.15, 0.2) is 18.2 Å². The highest BCUT2D eigenvalue weighted by molar-refractivity contribution is 6.45. The average molecular weight is 240 g/mol. The maximum absolute atomic E-state index is 11.7. The monoisotopic (exact) mass is 239 g/mol. The maximum atomic E-state index is 11.7. The summed E-state index contributed by atoms with van der Waals surface area (Å²) in [4.78, 5) is 11.7. The molecule has 0 radical (unpaired) electrons. The van der Waals surface area contributed by atoms with Crippen molar-refractivity contribution in [3.8, 4) is 0 Å². The third kappa shape index (κ3) is 1.15. The fourth-order valence-electron chi connectivity index (χ4n) is 2.10. The smallest absolute Gasteiger partial charge is 0.231 e. The first-order valence-corrected chi connectivity index (χ1v) is 5.45. The van der Waals surface area contributed by atoms with Crippen molar-refractivity contribution in [2.24, 2.45) is 0 Å². The predicted molar refractivity (Wildman–Crippen MR) is 60.9 cm³/mol. The lowest BCUT2D eigenvalue weighted by molar-refractivity contribution is 0.0928. The summed E-state index contributed by atoms with van der Waals surface area (Å²) in [6, 6.07) is 5.65. The van der Waals surface area contributed by atoms with Gasteiger partial charge in [0, 0.05) is 17.5 Å². The molecule has 76 valence electrons. The van der Waals surface area contributed by atoms with E-state index < -0.39 is 0 Å². The Balaban J connectivity index is 2.49. The van der Waals surface area contributed by atoms with Gasteiger partial charge < -0.3 is 0 Å². The first-order valence-electron chi connectivity index (χ1n) is 4.70. The van der Waals surface area contributed by atoms with Gasteiger partial charge in [-0.3, -0.25) is 9.36 Å². The van der Waals surface area contributed by atoms with E-state index in [0.29, 0.717) is 16.5 Å². The van der Waals surface area contributed by atoms with Gasteiger partial charge in [0.05, 0.1) is 15.6 Å². The molecule has 0 atom stereocenters. The Labute approximate surface area is 96.4 Å². The van der Waals surface area contributed by atoms with Gasteiger partial charge in [0.15, 0.2) is 0 Å². The molecule has 4 heteroatoms. The molecular formula is C11H7Cl2NO. The van der Waals surface area contributed by atoms with Crippen LogP contribution in [-0.4, -0.2) is 10.5 Å². The van der Waals surface area contributed by atoms with E-state index in [9.17, 15) is 4.79 Å². The summed E-state index contributed by atoms with van der Waals surface area (Å²) in [6.45, 7) is 0. The second-order valence-corrected chi connectivity index (χ2v) is 4.45. The minimum absolute atomic E-state index is 0.101. The van der Waals surface area contributed by atoms with Gasteiger partial charge in [-0.2, -0.15) is 0 Å². The van der Waals surface area contributed by atoms with Crippen molar-refractivity contribution in [3.05, 3.63) is 33.9 Å². The third-order valence-electron chi connectivity index (χ3n) is 2.78. The summed E-state index contributed by atoms with van der Waals surface area (Å²) >= 11 is 12.0. The highest BCUT2D eigenvalue weighted by Gasteiger charge is 2.23. The molecule has 0 unspecified atom stereocenters. The van der Waals surface area contributed by atoms with Crippen molar-refractivity contribution in [3.63, 3.8) is 0 Å². The number of rotatable bonds is 0. The summed E-state index contributed by atoms with van der Waals surface area (Å²) in [6.07, 6.45) is 1.36. The average Bonchev–Trinajstić information content (AvgIpc) is 2.73. The van der Waals surface area contributed by atoms with Crippen LogP contribution < -0.4 is 0 Å². The number of halogens is 2. The minimum Gasteiger partial charge on any atom is -0.283 e. The molecule has 2 heterocycles. The fraction of sp³-hybridized carbons (Fsp3) is 0.182. The van der Waals surface area contributed by atoms with E-state index in [-0.39, 0.29) is 5.91 Å². The summed E-state index contributed by atoms with van der Waals surface area (Å²) < 4.78 is 1.68. The quantitative estimate of drug-likeness (QED) is 0.690. The van der Waals surface area contributed by atoms with Gasteiger partial charge in [-0.05, 0) is 18.6 Å². The van der Waals surface area contributed by atoms with Crippen molar-refractivity contribution in [2.75, 3.05) is 0 Å². The van der Waals surface area contributed by atoms with Crippen LogP contribution in [-0.2, 0) is 6.42 Å². The van der Waals surface area contributed by atoms with E-state index in [4.69, 9.17) is 23.2 Å². The lowest BCUT2D eigenvalue weighted by Crippen LogP contribution is -2.03. The summed E-state index contributed by atoms with van der Waals surface area (Å²) in [5.41, 5.74) is 1.78. The Bertz CT molecular complexity index is 586. The SMILES string of the molecule is O=C1CCc2cc3ccc(Cl)c(Cl)c3n21. The zero-order chi connectivity index (χ0) is 10.6. The molecule has 0 fully saturated rings. The highest BCUT2D eigenvalue weighted by Crippen LogP contribution is 2.35. The van der Waals surface area contributed by atoms with Crippen molar-refractivity contribution >= 4 is 40.0 Å². The number of carbonyl (C=O) groups excluding carboxylic acids is 1. The Morgan fingerprint density at radius 1 is 1.20 bits per heavy atom. The van der Waals surface area contributed by atoms with Crippen LogP contribution in [0.4, 0.5) is 0 Å². The largest absolute Gasteiger partial charge is 0.283 e. The Kier molecular flexibility index (Phi) is 1.85. The second-order valence-electron chi connectivity index (χ2n) is 3.66. The number of carbonyl (C=O) groups is 1. The van der Waals surface area contributed by atoms with E-state index in [2.05, 4.69) is 0 Å². The van der Waals surface area contributed by atoms with Crippen LogP contribution in [0.1, 0.15) is 16.9 Å². The van der Waals surface area contributed by atoms with Crippen molar-refractivity contribution in [1.29, 1.82) is 0 Å². The van der Waals surface area contributed by atoms with Crippen molar-refractivity contribution in [1.82, 2.24) is 4.57 Å². The molecule has 1 aliphatic rings. The van der Waals surface area contributed by atoms with Gasteiger partial charge in [-0.25, -0.2) is 0 Å². The number of aromatic nitrogens is 1. The van der Waals surface area contributed by atoms with Crippen LogP contribution in [0, 0.1) is 0 Å². The molecule has 0 bridgehead atoms. The lowest BCUT2D eigenvalue weighted by atomic mass is 10.2. The van der Waals surface area contributed by atoms with Crippen molar-refractivity contribution < 1.29 is 4.79 Å². The molecule has 1 aromatic carbocycles. The van der Waals surface area contributed by atoms with Gasteiger partial charge in [-0.15, -0.1) is 0 Å². The zero-order valence-electron chi connectivity index (χ0n) is 7.76. The molecule has 3 rings (SSSR count). The number of fused-ring (bicyclic) bond motifs is 3. The van der Waals surface area contributed by atoms with Gasteiger partial charge in [-0.1, -0.05) is 29.3 Å². The molecule has 0 amide bonds. The van der Waals surface area contributed by atoms with Crippen LogP contribution >= 0.6 is 23.2 Å². The van der Waals surface area contributed by atoms with E-state index in [1.54, 1.807) is 10.6 Å². The maximum Gasteiger partial charge on any atom is 0.231 e. The van der Waals surface area contributed by atoms with E-state index in [1.807, 2.05) is 12.1 Å². The van der Waals surface area contributed by atoms with Gasteiger partial charge in [0.1, 0.15) is 0 Å². The first-order chi connectivity index (χ1) is 7.18. The molecular weight excluding hydrogens is 233 g/mol. The van der Waals surface area contributed by atoms with Crippen LogP contribution in [0.3, 0.4) is 0 Å².